The summed E-state index contributed by atoms with van der Waals surface area (Å²) in [7, 11) is 0. The SMILES string of the molecule is C=COCCCCCCC(CCCCCCCC)(OCC1CO1)C1CCCCC1. The molecular formula is C26H48O3. The summed E-state index contributed by atoms with van der Waals surface area (Å²) >= 11 is 0. The summed E-state index contributed by atoms with van der Waals surface area (Å²) in [4.78, 5) is 0. The minimum Gasteiger partial charge on any atom is -0.502 e. The van der Waals surface area contributed by atoms with Gasteiger partial charge in [0, 0.05) is 0 Å². The Morgan fingerprint density at radius 3 is 2.14 bits per heavy atom. The van der Waals surface area contributed by atoms with Crippen LogP contribution in [0.2, 0.25) is 0 Å². The van der Waals surface area contributed by atoms with E-state index in [1.165, 1.54) is 103 Å². The average Bonchev–Trinajstić information content (AvgIpc) is 3.58. The molecule has 0 aromatic heterocycles. The van der Waals surface area contributed by atoms with E-state index in [4.69, 9.17) is 14.2 Å². The van der Waals surface area contributed by atoms with E-state index in [9.17, 15) is 0 Å². The van der Waals surface area contributed by atoms with Gasteiger partial charge in [0.05, 0.1) is 31.7 Å². The lowest BCUT2D eigenvalue weighted by molar-refractivity contribution is -0.114. The molecule has 1 saturated heterocycles. The quantitative estimate of drug-likeness (QED) is 0.125. The molecule has 1 heterocycles. The summed E-state index contributed by atoms with van der Waals surface area (Å²) in [5, 5.41) is 0. The first-order valence-electron chi connectivity index (χ1n) is 12.8. The highest BCUT2D eigenvalue weighted by Gasteiger charge is 2.40. The fraction of sp³-hybridized carbons (Fsp3) is 0.923. The highest BCUT2D eigenvalue weighted by atomic mass is 16.6. The Hall–Kier alpha value is -0.540. The number of ether oxygens (including phenoxy) is 3. The maximum Gasteiger partial charge on any atom is 0.104 e. The topological polar surface area (TPSA) is 31.0 Å². The van der Waals surface area contributed by atoms with Gasteiger partial charge in [-0.1, -0.05) is 90.6 Å². The first-order valence-corrected chi connectivity index (χ1v) is 12.8. The first-order chi connectivity index (χ1) is 14.3. The van der Waals surface area contributed by atoms with Gasteiger partial charge in [-0.2, -0.15) is 0 Å². The van der Waals surface area contributed by atoms with Crippen LogP contribution in [0, 0.1) is 5.92 Å². The van der Waals surface area contributed by atoms with Crippen molar-refractivity contribution in [2.45, 2.75) is 128 Å². The third-order valence-electron chi connectivity index (χ3n) is 6.99. The Morgan fingerprint density at radius 2 is 1.52 bits per heavy atom. The van der Waals surface area contributed by atoms with E-state index in [2.05, 4.69) is 13.5 Å². The lowest BCUT2D eigenvalue weighted by Crippen LogP contribution is -2.43. The molecule has 0 amide bonds. The molecule has 0 aromatic rings. The van der Waals surface area contributed by atoms with Crippen LogP contribution in [0.5, 0.6) is 0 Å². The summed E-state index contributed by atoms with van der Waals surface area (Å²) in [6.45, 7) is 8.45. The molecule has 170 valence electrons. The monoisotopic (exact) mass is 408 g/mol. The fourth-order valence-electron chi connectivity index (χ4n) is 5.10. The Bertz CT molecular complexity index is 401. The van der Waals surface area contributed by atoms with Gasteiger partial charge < -0.3 is 14.2 Å². The summed E-state index contributed by atoms with van der Waals surface area (Å²) in [6.07, 6.45) is 24.5. The van der Waals surface area contributed by atoms with Crippen molar-refractivity contribution >= 4 is 0 Å². The maximum atomic E-state index is 6.80. The van der Waals surface area contributed by atoms with Gasteiger partial charge in [0.15, 0.2) is 0 Å². The van der Waals surface area contributed by atoms with Gasteiger partial charge in [0.2, 0.25) is 0 Å². The summed E-state index contributed by atoms with van der Waals surface area (Å²) in [6, 6.07) is 0. The zero-order valence-corrected chi connectivity index (χ0v) is 19.3. The second kappa shape index (κ2) is 15.3. The Balaban J connectivity index is 1.86. The zero-order chi connectivity index (χ0) is 20.6. The molecule has 0 N–H and O–H groups in total. The van der Waals surface area contributed by atoms with Crippen molar-refractivity contribution in [3.8, 4) is 0 Å². The molecule has 29 heavy (non-hydrogen) atoms. The average molecular weight is 409 g/mol. The third kappa shape index (κ3) is 10.4. The van der Waals surface area contributed by atoms with Gasteiger partial charge in [-0.05, 0) is 38.0 Å². The normalized spacial score (nSPS) is 21.6. The molecule has 3 nitrogen and oxygen atoms in total. The molecule has 2 rings (SSSR count). The number of rotatable bonds is 19. The molecule has 1 aliphatic heterocycles. The van der Waals surface area contributed by atoms with Gasteiger partial charge in [-0.25, -0.2) is 0 Å². The standard InChI is InChI=1S/C26H48O3/c1-3-5-6-7-8-14-19-26(29-23-25-22-28-25,24-17-12-11-13-18-24)20-15-9-10-16-21-27-4-2/h4,24-25H,2-3,5-23H2,1H3. The van der Waals surface area contributed by atoms with Crippen LogP contribution in [0.25, 0.3) is 0 Å². The van der Waals surface area contributed by atoms with E-state index >= 15 is 0 Å². The second-order valence-electron chi connectivity index (χ2n) is 9.39. The van der Waals surface area contributed by atoms with Crippen LogP contribution in [0.4, 0.5) is 0 Å². The highest BCUT2D eigenvalue weighted by Crippen LogP contribution is 2.42. The summed E-state index contributed by atoms with van der Waals surface area (Å²) in [5.74, 6) is 0.759. The van der Waals surface area contributed by atoms with Crippen LogP contribution in [0.1, 0.15) is 116 Å². The van der Waals surface area contributed by atoms with Crippen molar-refractivity contribution in [1.29, 1.82) is 0 Å². The van der Waals surface area contributed by atoms with Crippen molar-refractivity contribution < 1.29 is 14.2 Å². The lowest BCUT2D eigenvalue weighted by Gasteiger charge is -2.43. The molecule has 2 atom stereocenters. The first kappa shape index (κ1) is 24.7. The predicted octanol–water partition coefficient (Wildman–Crippen LogP) is 7.58. The van der Waals surface area contributed by atoms with Gasteiger partial charge in [-0.3, -0.25) is 0 Å². The molecule has 2 aliphatic rings. The zero-order valence-electron chi connectivity index (χ0n) is 19.3. The van der Waals surface area contributed by atoms with Crippen molar-refractivity contribution in [2.24, 2.45) is 5.92 Å². The molecular weight excluding hydrogens is 360 g/mol. The molecule has 1 aliphatic carbocycles. The highest BCUT2D eigenvalue weighted by molar-refractivity contribution is 4.91. The van der Waals surface area contributed by atoms with Gasteiger partial charge >= 0.3 is 0 Å². The van der Waals surface area contributed by atoms with Crippen molar-refractivity contribution in [3.05, 3.63) is 12.8 Å². The smallest absolute Gasteiger partial charge is 0.104 e. The minimum atomic E-state index is 0.106. The van der Waals surface area contributed by atoms with E-state index in [0.29, 0.717) is 6.10 Å². The predicted molar refractivity (Wildman–Crippen MR) is 122 cm³/mol. The molecule has 2 unspecified atom stereocenters. The number of unbranched alkanes of at least 4 members (excludes halogenated alkanes) is 8. The van der Waals surface area contributed by atoms with Crippen molar-refractivity contribution in [2.75, 3.05) is 19.8 Å². The summed E-state index contributed by atoms with van der Waals surface area (Å²) in [5.41, 5.74) is 0.106. The molecule has 3 heteroatoms. The van der Waals surface area contributed by atoms with Crippen LogP contribution in [0.15, 0.2) is 12.8 Å². The third-order valence-corrected chi connectivity index (χ3v) is 6.99. The van der Waals surface area contributed by atoms with Crippen LogP contribution in [0.3, 0.4) is 0 Å². The Labute approximate surface area is 181 Å². The van der Waals surface area contributed by atoms with E-state index in [-0.39, 0.29) is 5.60 Å². The number of epoxide rings is 1. The van der Waals surface area contributed by atoms with Crippen LogP contribution in [-0.4, -0.2) is 31.5 Å². The van der Waals surface area contributed by atoms with E-state index in [1.54, 1.807) is 6.26 Å². The molecule has 0 aromatic carbocycles. The van der Waals surface area contributed by atoms with E-state index in [0.717, 1.165) is 32.2 Å². The Morgan fingerprint density at radius 1 is 0.897 bits per heavy atom. The van der Waals surface area contributed by atoms with Gasteiger partial charge in [0.1, 0.15) is 6.10 Å². The molecule has 0 spiro atoms. The van der Waals surface area contributed by atoms with Crippen LogP contribution < -0.4 is 0 Å². The lowest BCUT2D eigenvalue weighted by atomic mass is 9.71. The number of hydrogen-bond acceptors (Lipinski definition) is 3. The second-order valence-corrected chi connectivity index (χ2v) is 9.39. The van der Waals surface area contributed by atoms with Crippen molar-refractivity contribution in [3.63, 3.8) is 0 Å². The van der Waals surface area contributed by atoms with Gasteiger partial charge in [-0.15, -0.1) is 0 Å². The molecule has 1 saturated carbocycles. The van der Waals surface area contributed by atoms with Crippen molar-refractivity contribution in [1.82, 2.24) is 0 Å². The fourth-order valence-corrected chi connectivity index (χ4v) is 5.10. The largest absolute Gasteiger partial charge is 0.502 e. The maximum absolute atomic E-state index is 6.80. The van der Waals surface area contributed by atoms with Gasteiger partial charge in [0.25, 0.3) is 0 Å². The Kier molecular flexibility index (Phi) is 13.0. The van der Waals surface area contributed by atoms with E-state index < -0.39 is 0 Å². The minimum absolute atomic E-state index is 0.106. The molecule has 0 bridgehead atoms. The van der Waals surface area contributed by atoms with Crippen LogP contribution >= 0.6 is 0 Å². The molecule has 0 radical (unpaired) electrons. The molecule has 2 fully saturated rings. The van der Waals surface area contributed by atoms with E-state index in [1.807, 2.05) is 0 Å². The van der Waals surface area contributed by atoms with Crippen LogP contribution in [-0.2, 0) is 14.2 Å². The summed E-state index contributed by atoms with van der Waals surface area (Å²) < 4.78 is 17.6. The number of hydrogen-bond donors (Lipinski definition) is 0.